The number of amides is 1. The number of hydrogen-bond acceptors (Lipinski definition) is 3. The van der Waals surface area contributed by atoms with Crippen LogP contribution in [0.1, 0.15) is 41.3 Å². The van der Waals surface area contributed by atoms with E-state index < -0.39 is 0 Å². The van der Waals surface area contributed by atoms with E-state index in [9.17, 15) is 4.79 Å². The van der Waals surface area contributed by atoms with E-state index in [1.807, 2.05) is 44.3 Å². The van der Waals surface area contributed by atoms with E-state index in [-0.39, 0.29) is 5.91 Å². The minimum atomic E-state index is -0.105. The molecule has 1 N–H and O–H groups in total. The van der Waals surface area contributed by atoms with Crippen molar-refractivity contribution < 1.29 is 4.79 Å². The summed E-state index contributed by atoms with van der Waals surface area (Å²) in [5.41, 5.74) is 4.67. The first kappa shape index (κ1) is 16.5. The summed E-state index contributed by atoms with van der Waals surface area (Å²) >= 11 is 0. The van der Waals surface area contributed by atoms with Crippen LogP contribution < -0.4 is 10.2 Å². The maximum Gasteiger partial charge on any atom is 0.257 e. The maximum absolute atomic E-state index is 12.6. The predicted molar refractivity (Wildman–Crippen MR) is 98.7 cm³/mol. The lowest BCUT2D eigenvalue weighted by atomic mass is 10.00. The normalized spacial score (nSPS) is 17.6. The molecule has 1 aliphatic rings. The number of anilines is 2. The summed E-state index contributed by atoms with van der Waals surface area (Å²) in [6.45, 7) is 8.35. The summed E-state index contributed by atoms with van der Waals surface area (Å²) in [4.78, 5) is 19.3. The summed E-state index contributed by atoms with van der Waals surface area (Å²) in [7, 11) is 0. The Morgan fingerprint density at radius 2 is 2.00 bits per heavy atom. The molecule has 1 saturated heterocycles. The number of piperidine rings is 1. The molecule has 1 amide bonds. The van der Waals surface area contributed by atoms with E-state index in [1.54, 1.807) is 6.20 Å². The molecule has 0 aliphatic carbocycles. The molecule has 1 atom stereocenters. The monoisotopic (exact) mass is 323 g/mol. The first-order valence-corrected chi connectivity index (χ1v) is 8.62. The third kappa shape index (κ3) is 3.58. The molecule has 126 valence electrons. The zero-order chi connectivity index (χ0) is 17.1. The third-order valence-corrected chi connectivity index (χ3v) is 4.73. The summed E-state index contributed by atoms with van der Waals surface area (Å²) < 4.78 is 0. The van der Waals surface area contributed by atoms with Crippen LogP contribution in [-0.4, -0.2) is 24.0 Å². The number of pyridine rings is 1. The predicted octanol–water partition coefficient (Wildman–Crippen LogP) is 4.19. The Balaban J connectivity index is 1.79. The van der Waals surface area contributed by atoms with E-state index >= 15 is 0 Å². The van der Waals surface area contributed by atoms with Gasteiger partial charge in [0.25, 0.3) is 5.91 Å². The van der Waals surface area contributed by atoms with Gasteiger partial charge in [0.15, 0.2) is 0 Å². The van der Waals surface area contributed by atoms with Gasteiger partial charge < -0.3 is 10.2 Å². The molecule has 4 nitrogen and oxygen atoms in total. The summed E-state index contributed by atoms with van der Waals surface area (Å²) in [6, 6.07) is 7.97. The molecule has 24 heavy (non-hydrogen) atoms. The number of carbonyl (C=O) groups excluding carboxylic acids is 1. The molecule has 1 fully saturated rings. The van der Waals surface area contributed by atoms with E-state index in [0.717, 1.165) is 35.6 Å². The maximum atomic E-state index is 12.6. The molecule has 1 aromatic carbocycles. The number of aryl methyl sites for hydroxylation is 2. The van der Waals surface area contributed by atoms with Crippen molar-refractivity contribution in [2.45, 2.75) is 33.6 Å². The molecule has 1 aromatic heterocycles. The van der Waals surface area contributed by atoms with Gasteiger partial charge in [0.2, 0.25) is 0 Å². The van der Waals surface area contributed by atoms with Crippen LogP contribution in [-0.2, 0) is 0 Å². The van der Waals surface area contributed by atoms with Gasteiger partial charge in [-0.3, -0.25) is 9.78 Å². The van der Waals surface area contributed by atoms with E-state index in [4.69, 9.17) is 0 Å². The number of nitrogens with one attached hydrogen (secondary N) is 1. The SMILES string of the molecule is Cc1cccc(C)c1NC(=O)c1cncc(N2CCCC(C)C2)c1. The highest BCUT2D eigenvalue weighted by Crippen LogP contribution is 2.24. The second-order valence-electron chi connectivity index (χ2n) is 6.85. The topological polar surface area (TPSA) is 45.2 Å². The van der Waals surface area contributed by atoms with Crippen LogP contribution >= 0.6 is 0 Å². The van der Waals surface area contributed by atoms with Gasteiger partial charge >= 0.3 is 0 Å². The van der Waals surface area contributed by atoms with Gasteiger partial charge in [-0.25, -0.2) is 0 Å². The van der Waals surface area contributed by atoms with Crippen molar-refractivity contribution in [3.63, 3.8) is 0 Å². The average molecular weight is 323 g/mol. The highest BCUT2D eigenvalue weighted by molar-refractivity contribution is 6.05. The van der Waals surface area contributed by atoms with Crippen LogP contribution in [0.4, 0.5) is 11.4 Å². The number of nitrogens with zero attached hydrogens (tertiary/aromatic N) is 2. The van der Waals surface area contributed by atoms with Gasteiger partial charge in [0.05, 0.1) is 17.4 Å². The lowest BCUT2D eigenvalue weighted by molar-refractivity contribution is 0.102. The summed E-state index contributed by atoms with van der Waals surface area (Å²) in [5.74, 6) is 0.581. The van der Waals surface area contributed by atoms with Crippen molar-refractivity contribution in [1.29, 1.82) is 0 Å². The van der Waals surface area contributed by atoms with E-state index in [2.05, 4.69) is 22.1 Å². The lowest BCUT2D eigenvalue weighted by Crippen LogP contribution is -2.34. The van der Waals surface area contributed by atoms with E-state index in [1.165, 1.54) is 12.8 Å². The van der Waals surface area contributed by atoms with Gasteiger partial charge in [-0.2, -0.15) is 0 Å². The van der Waals surface area contributed by atoms with Crippen molar-refractivity contribution in [2.75, 3.05) is 23.3 Å². The molecule has 2 heterocycles. The molecule has 0 saturated carbocycles. The average Bonchev–Trinajstić information content (AvgIpc) is 2.58. The second kappa shape index (κ2) is 7.04. The molecule has 1 unspecified atom stereocenters. The Kier molecular flexibility index (Phi) is 4.84. The van der Waals surface area contributed by atoms with Crippen molar-refractivity contribution in [3.05, 3.63) is 53.3 Å². The summed E-state index contributed by atoms with van der Waals surface area (Å²) in [6.07, 6.45) is 5.96. The Morgan fingerprint density at radius 1 is 1.25 bits per heavy atom. The fraction of sp³-hybridized carbons (Fsp3) is 0.400. The number of rotatable bonds is 3. The quantitative estimate of drug-likeness (QED) is 0.921. The summed E-state index contributed by atoms with van der Waals surface area (Å²) in [5, 5.41) is 3.04. The highest BCUT2D eigenvalue weighted by atomic mass is 16.1. The van der Waals surface area contributed by atoms with Gasteiger partial charge in [-0.1, -0.05) is 25.1 Å². The molecule has 0 spiro atoms. The molecule has 1 aliphatic heterocycles. The van der Waals surface area contributed by atoms with Crippen molar-refractivity contribution in [3.8, 4) is 0 Å². The van der Waals surface area contributed by atoms with Crippen LogP contribution in [0, 0.1) is 19.8 Å². The lowest BCUT2D eigenvalue weighted by Gasteiger charge is -2.32. The smallest absolute Gasteiger partial charge is 0.257 e. The molecule has 4 heteroatoms. The fourth-order valence-electron chi connectivity index (χ4n) is 3.35. The van der Waals surface area contributed by atoms with Crippen LogP contribution in [0.25, 0.3) is 0 Å². The first-order valence-electron chi connectivity index (χ1n) is 8.62. The zero-order valence-corrected chi connectivity index (χ0v) is 14.7. The Hall–Kier alpha value is -2.36. The number of carbonyl (C=O) groups is 1. The van der Waals surface area contributed by atoms with E-state index in [0.29, 0.717) is 11.5 Å². The van der Waals surface area contributed by atoms with Crippen molar-refractivity contribution in [2.24, 2.45) is 5.92 Å². The number of benzene rings is 1. The molecule has 2 aromatic rings. The Labute approximate surface area is 143 Å². The number of hydrogen-bond donors (Lipinski definition) is 1. The van der Waals surface area contributed by atoms with Gasteiger partial charge in [0, 0.05) is 25.0 Å². The third-order valence-electron chi connectivity index (χ3n) is 4.73. The van der Waals surface area contributed by atoms with Gasteiger partial charge in [0.1, 0.15) is 0 Å². The fourth-order valence-corrected chi connectivity index (χ4v) is 3.35. The molecule has 0 bridgehead atoms. The standard InChI is InChI=1S/C20H25N3O/c1-14-6-5-9-23(13-14)18-10-17(11-21-12-18)20(24)22-19-15(2)7-4-8-16(19)3/h4,7-8,10-12,14H,5-6,9,13H2,1-3H3,(H,22,24). The minimum Gasteiger partial charge on any atom is -0.370 e. The van der Waals surface area contributed by atoms with Crippen molar-refractivity contribution in [1.82, 2.24) is 4.98 Å². The Bertz CT molecular complexity index is 721. The van der Waals surface area contributed by atoms with Crippen LogP contribution in [0.3, 0.4) is 0 Å². The van der Waals surface area contributed by atoms with Crippen LogP contribution in [0.5, 0.6) is 0 Å². The number of aromatic nitrogens is 1. The largest absolute Gasteiger partial charge is 0.370 e. The highest BCUT2D eigenvalue weighted by Gasteiger charge is 2.18. The molecule has 0 radical (unpaired) electrons. The van der Waals surface area contributed by atoms with Crippen molar-refractivity contribution >= 4 is 17.3 Å². The first-order chi connectivity index (χ1) is 11.5. The van der Waals surface area contributed by atoms with Gasteiger partial charge in [-0.15, -0.1) is 0 Å². The number of para-hydroxylation sites is 1. The van der Waals surface area contributed by atoms with Crippen LogP contribution in [0.2, 0.25) is 0 Å². The molecule has 3 rings (SSSR count). The molecular formula is C20H25N3O. The van der Waals surface area contributed by atoms with Gasteiger partial charge in [-0.05, 0) is 49.8 Å². The zero-order valence-electron chi connectivity index (χ0n) is 14.7. The Morgan fingerprint density at radius 3 is 2.71 bits per heavy atom. The molecular weight excluding hydrogens is 298 g/mol. The second-order valence-corrected chi connectivity index (χ2v) is 6.85. The van der Waals surface area contributed by atoms with Crippen LogP contribution in [0.15, 0.2) is 36.7 Å². The minimum absolute atomic E-state index is 0.105.